The van der Waals surface area contributed by atoms with E-state index in [0.717, 1.165) is 11.1 Å². The molecule has 5 nitrogen and oxygen atoms in total. The van der Waals surface area contributed by atoms with E-state index in [-0.39, 0.29) is 11.3 Å². The molecule has 1 heterocycles. The number of hydrogen-bond donors (Lipinski definition) is 1. The molecule has 0 radical (unpaired) electrons. The van der Waals surface area contributed by atoms with Crippen LogP contribution in [0.2, 0.25) is 0 Å². The second-order valence-electron chi connectivity index (χ2n) is 6.27. The highest BCUT2D eigenvalue weighted by atomic mass is 16.1. The topological polar surface area (TPSA) is 74.9 Å². The Morgan fingerprint density at radius 3 is 2.48 bits per heavy atom. The first-order chi connectivity index (χ1) is 13.1. The van der Waals surface area contributed by atoms with Gasteiger partial charge >= 0.3 is 0 Å². The van der Waals surface area contributed by atoms with E-state index in [4.69, 9.17) is 0 Å². The SMILES string of the molecule is CC(=O)c1ccc(C#N)c(NCc2ccc(Cn3ccccc3=O)cc2)c1. The van der Waals surface area contributed by atoms with Crippen LogP contribution in [0.4, 0.5) is 5.69 Å². The van der Waals surface area contributed by atoms with E-state index in [1.807, 2.05) is 30.3 Å². The lowest BCUT2D eigenvalue weighted by Crippen LogP contribution is -2.18. The van der Waals surface area contributed by atoms with Gasteiger partial charge in [0.1, 0.15) is 6.07 Å². The van der Waals surface area contributed by atoms with Crippen molar-refractivity contribution in [2.75, 3.05) is 5.32 Å². The van der Waals surface area contributed by atoms with Crippen LogP contribution >= 0.6 is 0 Å². The number of benzene rings is 2. The molecule has 0 saturated heterocycles. The molecule has 0 bridgehead atoms. The third-order valence-corrected chi connectivity index (χ3v) is 4.30. The van der Waals surface area contributed by atoms with Gasteiger partial charge in [-0.05, 0) is 42.3 Å². The Hall–Kier alpha value is -3.65. The van der Waals surface area contributed by atoms with Gasteiger partial charge in [-0.1, -0.05) is 30.3 Å². The number of ketones is 1. The van der Waals surface area contributed by atoms with Gasteiger partial charge in [0.25, 0.3) is 5.56 Å². The molecule has 3 aromatic rings. The third-order valence-electron chi connectivity index (χ3n) is 4.30. The standard InChI is InChI=1S/C22H19N3O2/c1-16(26)19-9-10-20(13-23)21(12-19)24-14-17-5-7-18(8-6-17)15-25-11-3-2-4-22(25)27/h2-12,24H,14-15H2,1H3. The average molecular weight is 357 g/mol. The fourth-order valence-corrected chi connectivity index (χ4v) is 2.75. The van der Waals surface area contributed by atoms with Crippen LogP contribution in [-0.2, 0) is 13.1 Å². The number of nitriles is 1. The molecule has 0 spiro atoms. The largest absolute Gasteiger partial charge is 0.380 e. The maximum atomic E-state index is 11.8. The van der Waals surface area contributed by atoms with Gasteiger partial charge in [-0.15, -0.1) is 0 Å². The minimum absolute atomic E-state index is 0.0300. The highest BCUT2D eigenvalue weighted by Gasteiger charge is 2.06. The van der Waals surface area contributed by atoms with Crippen LogP contribution < -0.4 is 10.9 Å². The Morgan fingerprint density at radius 1 is 1.07 bits per heavy atom. The van der Waals surface area contributed by atoms with Crippen LogP contribution in [0.5, 0.6) is 0 Å². The highest BCUT2D eigenvalue weighted by Crippen LogP contribution is 2.19. The quantitative estimate of drug-likeness (QED) is 0.684. The second-order valence-corrected chi connectivity index (χ2v) is 6.27. The summed E-state index contributed by atoms with van der Waals surface area (Å²) < 4.78 is 1.65. The normalized spacial score (nSPS) is 10.2. The van der Waals surface area contributed by atoms with Gasteiger partial charge in [-0.2, -0.15) is 5.26 Å². The Labute approximate surface area is 157 Å². The predicted molar refractivity (Wildman–Crippen MR) is 105 cm³/mol. The van der Waals surface area contributed by atoms with E-state index in [1.54, 1.807) is 41.1 Å². The maximum absolute atomic E-state index is 11.8. The van der Waals surface area contributed by atoms with Crippen LogP contribution in [0.15, 0.2) is 71.7 Å². The van der Waals surface area contributed by atoms with Crippen LogP contribution in [0.25, 0.3) is 0 Å². The molecule has 1 aromatic heterocycles. The molecular weight excluding hydrogens is 338 g/mol. The summed E-state index contributed by atoms with van der Waals surface area (Å²) in [6, 6.07) is 20.2. The molecule has 5 heteroatoms. The molecule has 0 aliphatic rings. The molecule has 0 fully saturated rings. The second kappa shape index (κ2) is 8.15. The number of pyridine rings is 1. The lowest BCUT2D eigenvalue weighted by molar-refractivity contribution is 0.101. The van der Waals surface area contributed by atoms with E-state index >= 15 is 0 Å². The van der Waals surface area contributed by atoms with E-state index in [2.05, 4.69) is 11.4 Å². The lowest BCUT2D eigenvalue weighted by atomic mass is 10.1. The van der Waals surface area contributed by atoms with Crippen molar-refractivity contribution < 1.29 is 4.79 Å². The first-order valence-electron chi connectivity index (χ1n) is 8.59. The fourth-order valence-electron chi connectivity index (χ4n) is 2.75. The zero-order valence-electron chi connectivity index (χ0n) is 15.0. The molecular formula is C22H19N3O2. The lowest BCUT2D eigenvalue weighted by Gasteiger charge is -2.11. The van der Waals surface area contributed by atoms with Crippen molar-refractivity contribution in [3.8, 4) is 6.07 Å². The van der Waals surface area contributed by atoms with Crippen LogP contribution in [0.3, 0.4) is 0 Å². The molecule has 27 heavy (non-hydrogen) atoms. The van der Waals surface area contributed by atoms with E-state index in [0.29, 0.717) is 29.9 Å². The summed E-state index contributed by atoms with van der Waals surface area (Å²) in [5.41, 5.74) is 3.75. The summed E-state index contributed by atoms with van der Waals surface area (Å²) in [5.74, 6) is -0.0388. The Bertz CT molecular complexity index is 1060. The molecule has 3 rings (SSSR count). The maximum Gasteiger partial charge on any atom is 0.250 e. The number of hydrogen-bond acceptors (Lipinski definition) is 4. The summed E-state index contributed by atoms with van der Waals surface area (Å²) >= 11 is 0. The summed E-state index contributed by atoms with van der Waals surface area (Å²) in [5, 5.41) is 12.5. The van der Waals surface area contributed by atoms with Crippen molar-refractivity contribution in [3.63, 3.8) is 0 Å². The molecule has 2 aromatic carbocycles. The van der Waals surface area contributed by atoms with Gasteiger partial charge in [-0.25, -0.2) is 0 Å². The summed E-state index contributed by atoms with van der Waals surface area (Å²) in [6.45, 7) is 2.55. The van der Waals surface area contributed by atoms with Gasteiger partial charge < -0.3 is 9.88 Å². The molecule has 0 unspecified atom stereocenters. The van der Waals surface area contributed by atoms with E-state index in [1.165, 1.54) is 6.92 Å². The number of aromatic nitrogens is 1. The minimum Gasteiger partial charge on any atom is -0.380 e. The van der Waals surface area contributed by atoms with Crippen molar-refractivity contribution in [2.24, 2.45) is 0 Å². The van der Waals surface area contributed by atoms with Crippen molar-refractivity contribution in [2.45, 2.75) is 20.0 Å². The molecule has 134 valence electrons. The molecule has 0 saturated carbocycles. The molecule has 0 atom stereocenters. The number of carbonyl (C=O) groups excluding carboxylic acids is 1. The molecule has 0 amide bonds. The van der Waals surface area contributed by atoms with Gasteiger partial charge in [0.2, 0.25) is 0 Å². The summed E-state index contributed by atoms with van der Waals surface area (Å²) in [6.07, 6.45) is 1.77. The van der Waals surface area contributed by atoms with Crippen LogP contribution in [-0.4, -0.2) is 10.4 Å². The summed E-state index contributed by atoms with van der Waals surface area (Å²) in [7, 11) is 0. The van der Waals surface area contributed by atoms with Crippen molar-refractivity contribution in [1.29, 1.82) is 5.26 Å². The fraction of sp³-hybridized carbons (Fsp3) is 0.136. The predicted octanol–water partition coefficient (Wildman–Crippen LogP) is 3.58. The van der Waals surface area contributed by atoms with Gasteiger partial charge in [0.15, 0.2) is 5.78 Å². The van der Waals surface area contributed by atoms with Crippen molar-refractivity contribution in [3.05, 3.63) is 99.5 Å². The zero-order valence-corrected chi connectivity index (χ0v) is 15.0. The van der Waals surface area contributed by atoms with Crippen LogP contribution in [0.1, 0.15) is 34.0 Å². The number of rotatable bonds is 6. The van der Waals surface area contributed by atoms with E-state index < -0.39 is 0 Å². The molecule has 0 aliphatic heterocycles. The number of carbonyl (C=O) groups is 1. The Morgan fingerprint density at radius 2 is 1.81 bits per heavy atom. The smallest absolute Gasteiger partial charge is 0.250 e. The first-order valence-corrected chi connectivity index (χ1v) is 8.59. The highest BCUT2D eigenvalue weighted by molar-refractivity contribution is 5.95. The van der Waals surface area contributed by atoms with Gasteiger partial charge in [-0.3, -0.25) is 9.59 Å². The number of nitrogens with one attached hydrogen (secondary N) is 1. The number of nitrogens with zero attached hydrogens (tertiary/aromatic N) is 2. The number of Topliss-reactive ketones (excluding diaryl/α,β-unsaturated/α-hetero) is 1. The third kappa shape index (κ3) is 4.50. The average Bonchev–Trinajstić information content (AvgIpc) is 2.69. The van der Waals surface area contributed by atoms with Gasteiger partial charge in [0, 0.05) is 24.4 Å². The molecule has 0 aliphatic carbocycles. The molecule has 1 N–H and O–H groups in total. The van der Waals surface area contributed by atoms with Gasteiger partial charge in [0.05, 0.1) is 17.8 Å². The van der Waals surface area contributed by atoms with Crippen LogP contribution in [0, 0.1) is 11.3 Å². The summed E-state index contributed by atoms with van der Waals surface area (Å²) in [4.78, 5) is 23.3. The Kier molecular flexibility index (Phi) is 5.48. The van der Waals surface area contributed by atoms with Crippen molar-refractivity contribution >= 4 is 11.5 Å². The Balaban J connectivity index is 1.70. The van der Waals surface area contributed by atoms with E-state index in [9.17, 15) is 14.9 Å². The first kappa shape index (κ1) is 18.2. The monoisotopic (exact) mass is 357 g/mol. The zero-order chi connectivity index (χ0) is 19.2. The number of anilines is 1. The minimum atomic E-state index is -0.0388. The van der Waals surface area contributed by atoms with Crippen molar-refractivity contribution in [1.82, 2.24) is 4.57 Å².